The van der Waals surface area contributed by atoms with Gasteiger partial charge in [-0.05, 0) is 43.7 Å². The summed E-state index contributed by atoms with van der Waals surface area (Å²) < 4.78 is 10.9. The Kier molecular flexibility index (Phi) is 9.66. The Bertz CT molecular complexity index is 689. The molecule has 0 spiro atoms. The zero-order chi connectivity index (χ0) is 17.4. The summed E-state index contributed by atoms with van der Waals surface area (Å²) >= 11 is 1.79. The largest absolute Gasteiger partial charge is 0.493 e. The third kappa shape index (κ3) is 6.74. The van der Waals surface area contributed by atoms with Crippen molar-refractivity contribution in [1.29, 1.82) is 0 Å². The van der Waals surface area contributed by atoms with Crippen molar-refractivity contribution in [1.82, 2.24) is 10.6 Å². The first-order chi connectivity index (χ1) is 11.7. The third-order valence-corrected chi connectivity index (χ3v) is 4.44. The van der Waals surface area contributed by atoms with Gasteiger partial charge in [0, 0.05) is 23.3 Å². The highest BCUT2D eigenvalue weighted by Gasteiger charge is 2.06. The van der Waals surface area contributed by atoms with Gasteiger partial charge < -0.3 is 20.1 Å². The summed E-state index contributed by atoms with van der Waals surface area (Å²) in [6.07, 6.45) is 0. The molecule has 1 heterocycles. The molecule has 0 amide bonds. The lowest BCUT2D eigenvalue weighted by Crippen LogP contribution is -2.36. The minimum Gasteiger partial charge on any atom is -0.493 e. The molecule has 0 bridgehead atoms. The molecule has 0 radical (unpaired) electrons. The summed E-state index contributed by atoms with van der Waals surface area (Å²) in [5.74, 6) is 2.28. The van der Waals surface area contributed by atoms with Crippen molar-refractivity contribution < 1.29 is 9.47 Å². The molecule has 0 atom stereocenters. The number of benzene rings is 1. The number of nitrogens with zero attached hydrogens (tertiary/aromatic N) is 1. The number of nitrogens with one attached hydrogen (secondary N) is 2. The van der Waals surface area contributed by atoms with Crippen LogP contribution in [-0.4, -0.2) is 26.7 Å². The standard InChI is InChI=1S/C18H25N3O2S.HI/c1-5-23-17-10-14(7-9-16(17)22-4)11-20-18(19-3)21-12-15-8-6-13(2)24-15;/h6-10H,5,11-12H2,1-4H3,(H2,19,20,21);1H. The molecular formula is C18H26IN3O2S. The SMILES string of the molecule is CCOc1cc(CNC(=NC)NCc2ccc(C)s2)ccc1OC.I. The second-order valence-corrected chi connectivity index (χ2v) is 6.58. The summed E-state index contributed by atoms with van der Waals surface area (Å²) in [5.41, 5.74) is 1.11. The van der Waals surface area contributed by atoms with Gasteiger partial charge in [-0.2, -0.15) is 0 Å². The fourth-order valence-corrected chi connectivity index (χ4v) is 3.09. The van der Waals surface area contributed by atoms with Crippen LogP contribution in [0.3, 0.4) is 0 Å². The van der Waals surface area contributed by atoms with Crippen molar-refractivity contribution in [2.75, 3.05) is 20.8 Å². The van der Waals surface area contributed by atoms with E-state index in [1.165, 1.54) is 9.75 Å². The van der Waals surface area contributed by atoms with Gasteiger partial charge in [0.05, 0.1) is 20.3 Å². The number of ether oxygens (including phenoxy) is 2. The highest BCUT2D eigenvalue weighted by molar-refractivity contribution is 14.0. The maximum absolute atomic E-state index is 5.61. The quantitative estimate of drug-likeness (QED) is 0.362. The van der Waals surface area contributed by atoms with Crippen LogP contribution in [0, 0.1) is 6.92 Å². The molecule has 0 aliphatic heterocycles. The molecule has 0 saturated carbocycles. The van der Waals surface area contributed by atoms with E-state index in [-0.39, 0.29) is 24.0 Å². The van der Waals surface area contributed by atoms with Gasteiger partial charge in [0.2, 0.25) is 0 Å². The lowest BCUT2D eigenvalue weighted by molar-refractivity contribution is 0.310. The lowest BCUT2D eigenvalue weighted by Gasteiger charge is -2.14. The zero-order valence-corrected chi connectivity index (χ0v) is 18.2. The van der Waals surface area contributed by atoms with Crippen LogP contribution < -0.4 is 20.1 Å². The number of aliphatic imine (C=N–C) groups is 1. The topological polar surface area (TPSA) is 54.9 Å². The number of rotatable bonds is 7. The summed E-state index contributed by atoms with van der Waals surface area (Å²) in [7, 11) is 3.42. The summed E-state index contributed by atoms with van der Waals surface area (Å²) in [6, 6.07) is 10.2. The fraction of sp³-hybridized carbons (Fsp3) is 0.389. The minimum atomic E-state index is 0. The predicted octanol–water partition coefficient (Wildman–Crippen LogP) is 3.95. The van der Waals surface area contributed by atoms with Crippen LogP contribution in [0.15, 0.2) is 35.3 Å². The van der Waals surface area contributed by atoms with Crippen LogP contribution in [0.5, 0.6) is 11.5 Å². The average Bonchev–Trinajstić information content (AvgIpc) is 3.01. The summed E-state index contributed by atoms with van der Waals surface area (Å²) in [4.78, 5) is 6.87. The monoisotopic (exact) mass is 475 g/mol. The van der Waals surface area contributed by atoms with Crippen molar-refractivity contribution >= 4 is 41.3 Å². The average molecular weight is 475 g/mol. The highest BCUT2D eigenvalue weighted by atomic mass is 127. The molecule has 2 N–H and O–H groups in total. The first-order valence-electron chi connectivity index (χ1n) is 7.95. The molecule has 5 nitrogen and oxygen atoms in total. The summed E-state index contributed by atoms with van der Waals surface area (Å²) in [6.45, 7) is 6.11. The van der Waals surface area contributed by atoms with Crippen LogP contribution >= 0.6 is 35.3 Å². The maximum Gasteiger partial charge on any atom is 0.191 e. The van der Waals surface area contributed by atoms with Gasteiger partial charge in [0.25, 0.3) is 0 Å². The number of methoxy groups -OCH3 is 1. The van der Waals surface area contributed by atoms with E-state index in [0.717, 1.165) is 29.6 Å². The van der Waals surface area contributed by atoms with Crippen molar-refractivity contribution in [3.05, 3.63) is 45.6 Å². The zero-order valence-electron chi connectivity index (χ0n) is 15.1. The number of aryl methyl sites for hydroxylation is 1. The number of hydrogen-bond acceptors (Lipinski definition) is 4. The van der Waals surface area contributed by atoms with Gasteiger partial charge in [-0.25, -0.2) is 0 Å². The number of thiophene rings is 1. The Morgan fingerprint density at radius 1 is 1.12 bits per heavy atom. The van der Waals surface area contributed by atoms with Gasteiger partial charge >= 0.3 is 0 Å². The van der Waals surface area contributed by atoms with Crippen molar-refractivity contribution in [3.63, 3.8) is 0 Å². The molecule has 25 heavy (non-hydrogen) atoms. The van der Waals surface area contributed by atoms with Crippen LogP contribution in [0.2, 0.25) is 0 Å². The maximum atomic E-state index is 5.61. The molecule has 0 aliphatic carbocycles. The number of halogens is 1. The minimum absolute atomic E-state index is 0. The van der Waals surface area contributed by atoms with E-state index in [4.69, 9.17) is 9.47 Å². The molecule has 2 aromatic rings. The van der Waals surface area contributed by atoms with Crippen molar-refractivity contribution in [2.24, 2.45) is 4.99 Å². The van der Waals surface area contributed by atoms with Crippen LogP contribution in [0.1, 0.15) is 22.2 Å². The van der Waals surface area contributed by atoms with Gasteiger partial charge in [0.15, 0.2) is 17.5 Å². The second kappa shape index (κ2) is 11.2. The van der Waals surface area contributed by atoms with E-state index in [1.807, 2.05) is 25.1 Å². The molecule has 138 valence electrons. The van der Waals surface area contributed by atoms with Crippen LogP contribution in [0.25, 0.3) is 0 Å². The molecule has 2 rings (SSSR count). The molecule has 0 aliphatic rings. The van der Waals surface area contributed by atoms with Gasteiger partial charge in [-0.1, -0.05) is 6.07 Å². The Balaban J connectivity index is 0.00000312. The van der Waals surface area contributed by atoms with E-state index in [9.17, 15) is 0 Å². The van der Waals surface area contributed by atoms with E-state index < -0.39 is 0 Å². The van der Waals surface area contributed by atoms with Gasteiger partial charge in [-0.15, -0.1) is 35.3 Å². The van der Waals surface area contributed by atoms with E-state index in [2.05, 4.69) is 34.7 Å². The molecule has 0 fully saturated rings. The van der Waals surface area contributed by atoms with E-state index in [0.29, 0.717) is 13.2 Å². The molecule has 1 aromatic heterocycles. The van der Waals surface area contributed by atoms with Crippen LogP contribution in [-0.2, 0) is 13.1 Å². The Labute approximate surface area is 170 Å². The molecule has 0 unspecified atom stereocenters. The number of hydrogen-bond donors (Lipinski definition) is 2. The molecule has 0 saturated heterocycles. The Hall–Kier alpha value is -1.48. The van der Waals surface area contributed by atoms with Gasteiger partial charge in [-0.3, -0.25) is 4.99 Å². The number of guanidine groups is 1. The third-order valence-electron chi connectivity index (χ3n) is 3.44. The fourth-order valence-electron chi connectivity index (χ4n) is 2.26. The van der Waals surface area contributed by atoms with Crippen molar-refractivity contribution in [3.8, 4) is 11.5 Å². The second-order valence-electron chi connectivity index (χ2n) is 5.21. The lowest BCUT2D eigenvalue weighted by atomic mass is 10.2. The molecular weight excluding hydrogens is 449 g/mol. The highest BCUT2D eigenvalue weighted by Crippen LogP contribution is 2.27. The normalized spacial score (nSPS) is 10.8. The smallest absolute Gasteiger partial charge is 0.191 e. The van der Waals surface area contributed by atoms with Crippen molar-refractivity contribution in [2.45, 2.75) is 26.9 Å². The van der Waals surface area contributed by atoms with E-state index >= 15 is 0 Å². The van der Waals surface area contributed by atoms with E-state index in [1.54, 1.807) is 25.5 Å². The summed E-state index contributed by atoms with van der Waals surface area (Å²) in [5, 5.41) is 6.64. The van der Waals surface area contributed by atoms with Crippen LogP contribution in [0.4, 0.5) is 0 Å². The predicted molar refractivity (Wildman–Crippen MR) is 116 cm³/mol. The Morgan fingerprint density at radius 3 is 2.48 bits per heavy atom. The Morgan fingerprint density at radius 2 is 1.88 bits per heavy atom. The molecule has 7 heteroatoms. The van der Waals surface area contributed by atoms with Gasteiger partial charge in [0.1, 0.15) is 0 Å². The first kappa shape index (κ1) is 21.6. The molecule has 1 aromatic carbocycles. The first-order valence-corrected chi connectivity index (χ1v) is 8.77.